The zero-order valence-electron chi connectivity index (χ0n) is 15.2. The Morgan fingerprint density at radius 2 is 1.87 bits per heavy atom. The summed E-state index contributed by atoms with van der Waals surface area (Å²) in [5.41, 5.74) is 0.502. The summed E-state index contributed by atoms with van der Waals surface area (Å²) in [6.45, 7) is 8.38. The van der Waals surface area contributed by atoms with Crippen molar-refractivity contribution < 1.29 is 23.6 Å². The van der Waals surface area contributed by atoms with Crippen LogP contribution in [0.3, 0.4) is 0 Å². The Balaban J connectivity index is 0. The molecule has 0 aliphatic rings. The monoisotopic (exact) mass is 330 g/mol. The Bertz CT molecular complexity index is 404. The number of hydrogen-bond donors (Lipinski definition) is 2. The number of quaternary nitrogens is 1. The second-order valence-electron chi connectivity index (χ2n) is 4.95. The van der Waals surface area contributed by atoms with Crippen LogP contribution in [0, 0.1) is 0 Å². The van der Waals surface area contributed by atoms with Crippen LogP contribution in [-0.4, -0.2) is 50.3 Å². The van der Waals surface area contributed by atoms with Crippen molar-refractivity contribution in [3.8, 4) is 0 Å². The van der Waals surface area contributed by atoms with E-state index in [9.17, 15) is 9.59 Å². The number of nitrogens with two attached hydrogens (primary N) is 1. The number of carbonyl (C=O) groups excluding carboxylic acids is 2. The van der Waals surface area contributed by atoms with Crippen molar-refractivity contribution in [2.45, 2.75) is 34.1 Å². The molecular formula is C16H32N3O4+. The van der Waals surface area contributed by atoms with Crippen LogP contribution in [0.25, 0.3) is 0 Å². The van der Waals surface area contributed by atoms with Gasteiger partial charge in [0.25, 0.3) is 5.91 Å². The lowest BCUT2D eigenvalue weighted by Gasteiger charge is -2.22. The molecule has 1 amide bonds. The van der Waals surface area contributed by atoms with Crippen molar-refractivity contribution in [1.82, 2.24) is 5.32 Å². The Morgan fingerprint density at radius 1 is 1.26 bits per heavy atom. The summed E-state index contributed by atoms with van der Waals surface area (Å²) in [7, 11) is 3.77. The molecule has 0 atom stereocenters. The lowest BCUT2D eigenvalue weighted by atomic mass is 10.2. The zero-order chi connectivity index (χ0) is 18.3. The van der Waals surface area contributed by atoms with Crippen LogP contribution >= 0.6 is 0 Å². The fourth-order valence-corrected chi connectivity index (χ4v) is 1.43. The number of carbonyl (C=O) groups is 2. The highest BCUT2D eigenvalue weighted by Crippen LogP contribution is 2.03. The Kier molecular flexibility index (Phi) is 14.3. The van der Waals surface area contributed by atoms with Crippen LogP contribution in [-0.2, 0) is 19.2 Å². The van der Waals surface area contributed by atoms with Gasteiger partial charge in [-0.15, -0.1) is 0 Å². The third-order valence-electron chi connectivity index (χ3n) is 2.56. The normalized spacial score (nSPS) is 11.7. The van der Waals surface area contributed by atoms with Gasteiger partial charge in [-0.3, -0.25) is 14.1 Å². The number of rotatable bonds is 9. The Morgan fingerprint density at radius 3 is 2.35 bits per heavy atom. The van der Waals surface area contributed by atoms with Crippen LogP contribution in [0.4, 0.5) is 0 Å². The molecule has 0 bridgehead atoms. The number of allylic oxidation sites excluding steroid dienone is 1. The molecule has 0 saturated heterocycles. The summed E-state index contributed by atoms with van der Waals surface area (Å²) in [6.07, 6.45) is 5.34. The lowest BCUT2D eigenvalue weighted by Crippen LogP contribution is -2.37. The van der Waals surface area contributed by atoms with Gasteiger partial charge in [0.2, 0.25) is 6.73 Å². The first-order chi connectivity index (χ1) is 10.9. The standard InChI is InChI=1S/C14H25N3O4.C2H6/c1-5-12(8-10-17(3,4)11-21-15)14(19)16-9-7-13(18)20-6-2;1-2/h5,8,10H,6-7,9,11,15H2,1-4H3;1-2H3/p+1/b10-8-,12-5+;. The van der Waals surface area contributed by atoms with Gasteiger partial charge < -0.3 is 10.1 Å². The van der Waals surface area contributed by atoms with Gasteiger partial charge >= 0.3 is 5.97 Å². The fraction of sp³-hybridized carbons (Fsp3) is 0.625. The first-order valence-electron chi connectivity index (χ1n) is 7.80. The molecule has 7 nitrogen and oxygen atoms in total. The molecule has 0 radical (unpaired) electrons. The SMILES string of the molecule is C/C=C(\C=C/[N+](C)(C)CON)C(=O)NCCC(=O)OCC.CC. The molecule has 0 unspecified atom stereocenters. The van der Waals surface area contributed by atoms with Gasteiger partial charge in [-0.25, -0.2) is 10.7 Å². The zero-order valence-corrected chi connectivity index (χ0v) is 15.2. The van der Waals surface area contributed by atoms with E-state index in [1.165, 1.54) is 0 Å². The van der Waals surface area contributed by atoms with Gasteiger partial charge in [-0.05, 0) is 13.8 Å². The summed E-state index contributed by atoms with van der Waals surface area (Å²) in [5.74, 6) is 4.48. The van der Waals surface area contributed by atoms with E-state index < -0.39 is 0 Å². The maximum atomic E-state index is 11.9. The minimum Gasteiger partial charge on any atom is -0.466 e. The molecule has 0 fully saturated rings. The van der Waals surface area contributed by atoms with E-state index in [0.29, 0.717) is 16.7 Å². The molecule has 3 N–H and O–H groups in total. The number of esters is 1. The minimum absolute atomic E-state index is 0.156. The predicted octanol–water partition coefficient (Wildman–Crippen LogP) is 1.47. The second-order valence-corrected chi connectivity index (χ2v) is 4.95. The largest absolute Gasteiger partial charge is 0.466 e. The van der Waals surface area contributed by atoms with Gasteiger partial charge in [0.15, 0.2) is 0 Å². The molecule has 0 heterocycles. The lowest BCUT2D eigenvalue weighted by molar-refractivity contribution is -0.861. The fourth-order valence-electron chi connectivity index (χ4n) is 1.43. The third-order valence-corrected chi connectivity index (χ3v) is 2.56. The molecule has 0 saturated carbocycles. The van der Waals surface area contributed by atoms with Crippen LogP contribution in [0.15, 0.2) is 23.9 Å². The molecule has 0 aliphatic carbocycles. The maximum absolute atomic E-state index is 11.9. The van der Waals surface area contributed by atoms with Gasteiger partial charge in [-0.1, -0.05) is 19.9 Å². The third kappa shape index (κ3) is 12.5. The number of nitrogens with zero attached hydrogens (tertiary/aromatic N) is 1. The summed E-state index contributed by atoms with van der Waals surface area (Å²) in [6, 6.07) is 0. The van der Waals surface area contributed by atoms with Gasteiger partial charge in [-0.2, -0.15) is 0 Å². The molecule has 0 spiro atoms. The van der Waals surface area contributed by atoms with E-state index in [-0.39, 0.29) is 31.6 Å². The molecular weight excluding hydrogens is 298 g/mol. The number of ether oxygens (including phenoxy) is 1. The summed E-state index contributed by atoms with van der Waals surface area (Å²) in [5, 5.41) is 2.67. The first kappa shape index (κ1) is 23.6. The van der Waals surface area contributed by atoms with Crippen molar-refractivity contribution >= 4 is 11.9 Å². The van der Waals surface area contributed by atoms with Gasteiger partial charge in [0.1, 0.15) is 0 Å². The molecule has 134 valence electrons. The molecule has 0 aliphatic heterocycles. The quantitative estimate of drug-likeness (QED) is 0.167. The molecule has 0 aromatic heterocycles. The highest BCUT2D eigenvalue weighted by atomic mass is 16.6. The van der Waals surface area contributed by atoms with E-state index in [1.54, 1.807) is 32.2 Å². The number of amides is 1. The van der Waals surface area contributed by atoms with E-state index in [4.69, 9.17) is 10.6 Å². The van der Waals surface area contributed by atoms with Gasteiger partial charge in [0.05, 0.1) is 33.3 Å². The molecule has 0 aromatic carbocycles. The molecule has 23 heavy (non-hydrogen) atoms. The highest BCUT2D eigenvalue weighted by Gasteiger charge is 2.12. The van der Waals surface area contributed by atoms with E-state index in [2.05, 4.69) is 10.2 Å². The summed E-state index contributed by atoms with van der Waals surface area (Å²) < 4.78 is 5.16. The van der Waals surface area contributed by atoms with Crippen molar-refractivity contribution in [2.75, 3.05) is 34.0 Å². The average Bonchev–Trinajstić information content (AvgIpc) is 2.50. The molecule has 0 aromatic rings. The number of hydrogen-bond acceptors (Lipinski definition) is 5. The van der Waals surface area contributed by atoms with Crippen molar-refractivity contribution in [3.05, 3.63) is 23.9 Å². The average molecular weight is 330 g/mol. The Hall–Kier alpha value is -1.70. The van der Waals surface area contributed by atoms with Crippen LogP contribution in [0.5, 0.6) is 0 Å². The van der Waals surface area contributed by atoms with Crippen LogP contribution in [0.1, 0.15) is 34.1 Å². The predicted molar refractivity (Wildman–Crippen MR) is 90.8 cm³/mol. The van der Waals surface area contributed by atoms with E-state index in [0.717, 1.165) is 0 Å². The van der Waals surface area contributed by atoms with E-state index in [1.807, 2.05) is 27.9 Å². The first-order valence-corrected chi connectivity index (χ1v) is 7.80. The van der Waals surface area contributed by atoms with Crippen LogP contribution < -0.4 is 11.2 Å². The highest BCUT2D eigenvalue weighted by molar-refractivity contribution is 5.96. The van der Waals surface area contributed by atoms with Crippen molar-refractivity contribution in [2.24, 2.45) is 5.90 Å². The van der Waals surface area contributed by atoms with Gasteiger partial charge in [0, 0.05) is 18.2 Å². The topological polar surface area (TPSA) is 90.6 Å². The summed E-state index contributed by atoms with van der Waals surface area (Å²) >= 11 is 0. The molecule has 0 rings (SSSR count). The maximum Gasteiger partial charge on any atom is 0.307 e. The molecule has 7 heteroatoms. The van der Waals surface area contributed by atoms with Crippen molar-refractivity contribution in [3.63, 3.8) is 0 Å². The summed E-state index contributed by atoms with van der Waals surface area (Å²) in [4.78, 5) is 27.7. The Labute approximate surface area is 139 Å². The second kappa shape index (κ2) is 13.9. The minimum atomic E-state index is -0.326. The van der Waals surface area contributed by atoms with Crippen molar-refractivity contribution in [1.29, 1.82) is 0 Å². The van der Waals surface area contributed by atoms with Crippen LogP contribution in [0.2, 0.25) is 0 Å². The smallest absolute Gasteiger partial charge is 0.307 e. The number of nitrogens with one attached hydrogen (secondary N) is 1. The van der Waals surface area contributed by atoms with E-state index >= 15 is 0 Å².